The van der Waals surface area contributed by atoms with Gasteiger partial charge in [0.2, 0.25) is 0 Å². The van der Waals surface area contributed by atoms with Crippen LogP contribution in [0.25, 0.3) is 0 Å². The zero-order valence-corrected chi connectivity index (χ0v) is 12.8. The van der Waals surface area contributed by atoms with Crippen molar-refractivity contribution in [2.24, 2.45) is 0 Å². The molecule has 3 rings (SSSR count). The minimum Gasteiger partial charge on any atom is -0.392 e. The second-order valence-electron chi connectivity index (χ2n) is 5.84. The molecule has 2 aromatic rings. The van der Waals surface area contributed by atoms with Gasteiger partial charge >= 0.3 is 0 Å². The third-order valence-corrected chi connectivity index (χ3v) is 4.37. The summed E-state index contributed by atoms with van der Waals surface area (Å²) in [6.07, 6.45) is 3.02. The van der Waals surface area contributed by atoms with Crippen LogP contribution < -0.4 is 0 Å². The van der Waals surface area contributed by atoms with Gasteiger partial charge in [-0.1, -0.05) is 12.1 Å². The number of likely N-dealkylation sites (tertiary alicyclic amines) is 1. The van der Waals surface area contributed by atoms with Gasteiger partial charge in [0.05, 0.1) is 6.10 Å². The molecule has 1 fully saturated rings. The van der Waals surface area contributed by atoms with Gasteiger partial charge < -0.3 is 5.11 Å². The normalized spacial score (nSPS) is 22.3. The van der Waals surface area contributed by atoms with E-state index >= 15 is 0 Å². The maximum atomic E-state index is 13.5. The fourth-order valence-electron chi connectivity index (χ4n) is 3.30. The van der Waals surface area contributed by atoms with Gasteiger partial charge in [0.25, 0.3) is 0 Å². The number of aryl methyl sites for hydroxylation is 1. The number of β-amino-alcohol motifs (C(OH)–C–C–N with tert-alkyl or cyclic N) is 1. The Bertz CT molecular complexity index is 628. The van der Waals surface area contributed by atoms with Crippen LogP contribution in [0.3, 0.4) is 0 Å². The number of benzene rings is 1. The molecule has 2 heterocycles. The van der Waals surface area contributed by atoms with E-state index in [1.807, 2.05) is 23.0 Å². The number of aromatic nitrogens is 2. The second kappa shape index (κ2) is 6.58. The fourth-order valence-corrected chi connectivity index (χ4v) is 3.30. The Hall–Kier alpha value is -1.72. The van der Waals surface area contributed by atoms with Crippen LogP contribution in [0.15, 0.2) is 36.5 Å². The number of halogens is 1. The molecule has 1 aromatic carbocycles. The minimum absolute atomic E-state index is 0.0868. The SMILES string of the molecule is CCn1nccc1CCN1C[C@@H](O)C[C@@H]1c1cccc(F)c1. The number of aliphatic hydroxyl groups is 1. The Labute approximate surface area is 130 Å². The highest BCUT2D eigenvalue weighted by atomic mass is 19.1. The first-order valence-electron chi connectivity index (χ1n) is 7.85. The van der Waals surface area contributed by atoms with Crippen LogP contribution in [0.1, 0.15) is 30.6 Å². The molecule has 1 aromatic heterocycles. The van der Waals surface area contributed by atoms with Gasteiger partial charge in [-0.05, 0) is 37.1 Å². The van der Waals surface area contributed by atoms with Gasteiger partial charge in [-0.25, -0.2) is 4.39 Å². The first kappa shape index (κ1) is 15.2. The molecule has 0 spiro atoms. The summed E-state index contributed by atoms with van der Waals surface area (Å²) in [7, 11) is 0. The summed E-state index contributed by atoms with van der Waals surface area (Å²) in [6.45, 7) is 4.41. The van der Waals surface area contributed by atoms with Crippen LogP contribution in [-0.4, -0.2) is 39.0 Å². The van der Waals surface area contributed by atoms with Crippen molar-refractivity contribution in [1.82, 2.24) is 14.7 Å². The van der Waals surface area contributed by atoms with E-state index in [9.17, 15) is 9.50 Å². The number of rotatable bonds is 5. The van der Waals surface area contributed by atoms with E-state index in [0.717, 1.165) is 25.1 Å². The molecule has 22 heavy (non-hydrogen) atoms. The lowest BCUT2D eigenvalue weighted by Gasteiger charge is -2.24. The van der Waals surface area contributed by atoms with Gasteiger partial charge in [-0.15, -0.1) is 0 Å². The molecule has 0 amide bonds. The predicted octanol–water partition coefficient (Wildman–Crippen LogP) is 2.39. The number of hydrogen-bond acceptors (Lipinski definition) is 3. The summed E-state index contributed by atoms with van der Waals surface area (Å²) in [5, 5.41) is 14.3. The van der Waals surface area contributed by atoms with Crippen LogP contribution in [0, 0.1) is 5.82 Å². The van der Waals surface area contributed by atoms with Crippen LogP contribution in [-0.2, 0) is 13.0 Å². The van der Waals surface area contributed by atoms with E-state index in [4.69, 9.17) is 0 Å². The topological polar surface area (TPSA) is 41.3 Å². The molecule has 118 valence electrons. The molecule has 4 nitrogen and oxygen atoms in total. The summed E-state index contributed by atoms with van der Waals surface area (Å²) >= 11 is 0. The summed E-state index contributed by atoms with van der Waals surface area (Å²) < 4.78 is 15.4. The maximum absolute atomic E-state index is 13.5. The van der Waals surface area contributed by atoms with Crippen LogP contribution >= 0.6 is 0 Å². The van der Waals surface area contributed by atoms with Crippen molar-refractivity contribution in [2.45, 2.75) is 38.5 Å². The second-order valence-corrected chi connectivity index (χ2v) is 5.84. The van der Waals surface area contributed by atoms with Gasteiger partial charge in [0.15, 0.2) is 0 Å². The summed E-state index contributed by atoms with van der Waals surface area (Å²) in [5.74, 6) is -0.220. The molecule has 0 unspecified atom stereocenters. The Morgan fingerprint density at radius 2 is 2.23 bits per heavy atom. The van der Waals surface area contributed by atoms with E-state index in [1.165, 1.54) is 11.8 Å². The Kier molecular flexibility index (Phi) is 4.55. The van der Waals surface area contributed by atoms with Crippen molar-refractivity contribution in [1.29, 1.82) is 0 Å². The van der Waals surface area contributed by atoms with Gasteiger partial charge in [-0.3, -0.25) is 9.58 Å². The standard InChI is InChI=1S/C17H22FN3O/c1-2-21-15(6-8-19-21)7-9-20-12-16(22)11-17(20)13-4-3-5-14(18)10-13/h3-6,8,10,16-17,22H,2,7,9,11-12H2,1H3/t16-,17+/m0/s1. The molecule has 2 atom stereocenters. The Balaban J connectivity index is 1.71. The maximum Gasteiger partial charge on any atom is 0.123 e. The third kappa shape index (κ3) is 3.20. The van der Waals surface area contributed by atoms with Crippen molar-refractivity contribution in [2.75, 3.05) is 13.1 Å². The molecule has 1 aliphatic heterocycles. The average molecular weight is 303 g/mol. The van der Waals surface area contributed by atoms with Crippen LogP contribution in [0.5, 0.6) is 0 Å². The number of aliphatic hydroxyl groups excluding tert-OH is 1. The largest absolute Gasteiger partial charge is 0.392 e. The van der Waals surface area contributed by atoms with Crippen LogP contribution in [0.2, 0.25) is 0 Å². The lowest BCUT2D eigenvalue weighted by Crippen LogP contribution is -2.27. The van der Waals surface area contributed by atoms with Gasteiger partial charge in [0.1, 0.15) is 5.82 Å². The lowest BCUT2D eigenvalue weighted by atomic mass is 10.0. The molecule has 0 radical (unpaired) electrons. The number of hydrogen-bond donors (Lipinski definition) is 1. The first-order chi connectivity index (χ1) is 10.7. The van der Waals surface area contributed by atoms with E-state index in [-0.39, 0.29) is 18.0 Å². The zero-order chi connectivity index (χ0) is 15.5. The highest BCUT2D eigenvalue weighted by Crippen LogP contribution is 2.32. The quantitative estimate of drug-likeness (QED) is 0.922. The van der Waals surface area contributed by atoms with Crippen molar-refractivity contribution in [3.8, 4) is 0 Å². The highest BCUT2D eigenvalue weighted by Gasteiger charge is 2.31. The molecule has 5 heteroatoms. The van der Waals surface area contributed by atoms with Crippen LogP contribution in [0.4, 0.5) is 4.39 Å². The Morgan fingerprint density at radius 1 is 1.36 bits per heavy atom. The van der Waals surface area contributed by atoms with Gasteiger partial charge in [0, 0.05) is 44.0 Å². The van der Waals surface area contributed by atoms with Gasteiger partial charge in [-0.2, -0.15) is 5.10 Å². The summed E-state index contributed by atoms with van der Waals surface area (Å²) in [4.78, 5) is 2.24. The Morgan fingerprint density at radius 3 is 3.00 bits per heavy atom. The average Bonchev–Trinajstić information content (AvgIpc) is 3.10. The summed E-state index contributed by atoms with van der Waals surface area (Å²) in [6, 6.07) is 8.83. The monoisotopic (exact) mass is 303 g/mol. The smallest absolute Gasteiger partial charge is 0.123 e. The van der Waals surface area contributed by atoms with E-state index in [1.54, 1.807) is 12.1 Å². The first-order valence-corrected chi connectivity index (χ1v) is 7.85. The molecular weight excluding hydrogens is 281 g/mol. The fraction of sp³-hybridized carbons (Fsp3) is 0.471. The van der Waals surface area contributed by atoms with Crippen molar-refractivity contribution in [3.63, 3.8) is 0 Å². The summed E-state index contributed by atoms with van der Waals surface area (Å²) in [5.41, 5.74) is 2.14. The van der Waals surface area contributed by atoms with E-state index < -0.39 is 0 Å². The molecule has 1 aliphatic rings. The minimum atomic E-state index is -0.343. The molecule has 0 aliphatic carbocycles. The molecular formula is C17H22FN3O. The van der Waals surface area contributed by atoms with Crippen molar-refractivity contribution >= 4 is 0 Å². The lowest BCUT2D eigenvalue weighted by molar-refractivity contribution is 0.175. The highest BCUT2D eigenvalue weighted by molar-refractivity contribution is 5.22. The zero-order valence-electron chi connectivity index (χ0n) is 12.8. The molecule has 1 saturated heterocycles. The number of nitrogens with zero attached hydrogens (tertiary/aromatic N) is 3. The predicted molar refractivity (Wildman–Crippen MR) is 82.9 cm³/mol. The molecule has 0 bridgehead atoms. The molecule has 1 N–H and O–H groups in total. The van der Waals surface area contributed by atoms with Crippen molar-refractivity contribution < 1.29 is 9.50 Å². The van der Waals surface area contributed by atoms with E-state index in [2.05, 4.69) is 16.9 Å². The third-order valence-electron chi connectivity index (χ3n) is 4.37. The molecule has 0 saturated carbocycles. The van der Waals surface area contributed by atoms with Crippen molar-refractivity contribution in [3.05, 3.63) is 53.6 Å². The van der Waals surface area contributed by atoms with E-state index in [0.29, 0.717) is 13.0 Å².